The topological polar surface area (TPSA) is 55.6 Å². The number of halogens is 1. The van der Waals surface area contributed by atoms with Crippen LogP contribution in [-0.2, 0) is 9.53 Å². The van der Waals surface area contributed by atoms with Crippen molar-refractivity contribution in [3.05, 3.63) is 0 Å². The monoisotopic (exact) mass is 248 g/mol. The molecule has 94 valence electrons. The molecular weight excluding hydrogens is 228 g/mol. The Kier molecular flexibility index (Phi) is 5.02. The lowest BCUT2D eigenvalue weighted by Crippen LogP contribution is -2.45. The van der Waals surface area contributed by atoms with Gasteiger partial charge in [-0.1, -0.05) is 0 Å². The highest BCUT2D eigenvalue weighted by atomic mass is 35.5. The number of hydrogen-bond acceptors (Lipinski definition) is 3. The Bertz CT molecular complexity index is 238. The summed E-state index contributed by atoms with van der Waals surface area (Å²) in [7, 11) is 0. The Morgan fingerprint density at radius 2 is 2.19 bits per heavy atom. The fraction of sp³-hybridized carbons (Fsp3) is 0.909. The number of amides is 1. The van der Waals surface area contributed by atoms with Crippen molar-refractivity contribution in [1.29, 1.82) is 0 Å². The van der Waals surface area contributed by atoms with E-state index < -0.39 is 0 Å². The largest absolute Gasteiger partial charge is 0.381 e. The standard InChI is InChI=1S/C11H20N2O2.ClH/c1-8(12)11(14)13(10-2-3-10)6-9-4-5-15-7-9;/h8-10H,2-7,12H2,1H3;1H. The molecule has 1 saturated carbocycles. The van der Waals surface area contributed by atoms with Gasteiger partial charge in [-0.25, -0.2) is 0 Å². The number of hydrogen-bond donors (Lipinski definition) is 1. The summed E-state index contributed by atoms with van der Waals surface area (Å²) in [6.45, 7) is 4.25. The van der Waals surface area contributed by atoms with Crippen molar-refractivity contribution < 1.29 is 9.53 Å². The quantitative estimate of drug-likeness (QED) is 0.800. The van der Waals surface area contributed by atoms with Crippen molar-refractivity contribution in [2.24, 2.45) is 11.7 Å². The lowest BCUT2D eigenvalue weighted by molar-refractivity contribution is -0.133. The van der Waals surface area contributed by atoms with Crippen molar-refractivity contribution in [3.63, 3.8) is 0 Å². The van der Waals surface area contributed by atoms with Gasteiger partial charge in [0, 0.05) is 25.1 Å². The van der Waals surface area contributed by atoms with Gasteiger partial charge >= 0.3 is 0 Å². The molecule has 2 aliphatic rings. The van der Waals surface area contributed by atoms with E-state index in [0.717, 1.165) is 39.0 Å². The van der Waals surface area contributed by atoms with Crippen LogP contribution in [-0.4, -0.2) is 42.6 Å². The van der Waals surface area contributed by atoms with E-state index in [9.17, 15) is 4.79 Å². The van der Waals surface area contributed by atoms with E-state index in [4.69, 9.17) is 10.5 Å². The first-order valence-electron chi connectivity index (χ1n) is 5.82. The molecule has 2 unspecified atom stereocenters. The van der Waals surface area contributed by atoms with E-state index in [-0.39, 0.29) is 24.4 Å². The molecule has 0 aromatic rings. The van der Waals surface area contributed by atoms with Crippen LogP contribution >= 0.6 is 12.4 Å². The molecule has 5 heteroatoms. The number of ether oxygens (including phenoxy) is 1. The van der Waals surface area contributed by atoms with Crippen LogP contribution in [0.4, 0.5) is 0 Å². The zero-order valence-electron chi connectivity index (χ0n) is 9.72. The molecule has 0 radical (unpaired) electrons. The average Bonchev–Trinajstić information content (AvgIpc) is 2.92. The molecular formula is C11H21ClN2O2. The van der Waals surface area contributed by atoms with E-state index >= 15 is 0 Å². The van der Waals surface area contributed by atoms with Gasteiger partial charge in [-0.15, -0.1) is 12.4 Å². The molecule has 0 aromatic heterocycles. The summed E-state index contributed by atoms with van der Waals surface area (Å²) < 4.78 is 5.33. The van der Waals surface area contributed by atoms with Crippen LogP contribution in [0.15, 0.2) is 0 Å². The zero-order valence-corrected chi connectivity index (χ0v) is 10.5. The highest BCUT2D eigenvalue weighted by molar-refractivity contribution is 5.85. The summed E-state index contributed by atoms with van der Waals surface area (Å²) in [5.74, 6) is 0.623. The summed E-state index contributed by atoms with van der Waals surface area (Å²) in [6.07, 6.45) is 3.37. The molecule has 16 heavy (non-hydrogen) atoms. The second-order valence-electron chi connectivity index (χ2n) is 4.74. The van der Waals surface area contributed by atoms with Crippen LogP contribution in [0.3, 0.4) is 0 Å². The van der Waals surface area contributed by atoms with Gasteiger partial charge in [0.25, 0.3) is 0 Å². The van der Waals surface area contributed by atoms with E-state index in [1.165, 1.54) is 0 Å². The fourth-order valence-electron chi connectivity index (χ4n) is 2.07. The number of nitrogens with zero attached hydrogens (tertiary/aromatic N) is 1. The number of rotatable bonds is 4. The summed E-state index contributed by atoms with van der Waals surface area (Å²) >= 11 is 0. The number of nitrogens with two attached hydrogens (primary N) is 1. The molecule has 0 aromatic carbocycles. The van der Waals surface area contributed by atoms with E-state index in [2.05, 4.69) is 0 Å². The predicted molar refractivity (Wildman–Crippen MR) is 64.6 cm³/mol. The fourth-order valence-corrected chi connectivity index (χ4v) is 2.07. The maximum atomic E-state index is 11.9. The highest BCUT2D eigenvalue weighted by Crippen LogP contribution is 2.29. The lowest BCUT2D eigenvalue weighted by Gasteiger charge is -2.26. The van der Waals surface area contributed by atoms with Crippen molar-refractivity contribution in [3.8, 4) is 0 Å². The zero-order chi connectivity index (χ0) is 10.8. The molecule has 0 spiro atoms. The maximum absolute atomic E-state index is 11.9. The first-order valence-corrected chi connectivity index (χ1v) is 5.82. The third-order valence-electron chi connectivity index (χ3n) is 3.14. The molecule has 1 amide bonds. The van der Waals surface area contributed by atoms with Crippen LogP contribution in [0.25, 0.3) is 0 Å². The molecule has 1 heterocycles. The molecule has 0 bridgehead atoms. The summed E-state index contributed by atoms with van der Waals surface area (Å²) in [5.41, 5.74) is 5.65. The molecule has 1 aliphatic heterocycles. The minimum atomic E-state index is -0.368. The van der Waals surface area contributed by atoms with E-state index in [1.54, 1.807) is 6.92 Å². The van der Waals surface area contributed by atoms with Gasteiger partial charge in [0.15, 0.2) is 0 Å². The first-order chi connectivity index (χ1) is 7.18. The Labute approximate surface area is 103 Å². The van der Waals surface area contributed by atoms with Crippen molar-refractivity contribution >= 4 is 18.3 Å². The van der Waals surface area contributed by atoms with Gasteiger partial charge in [0.1, 0.15) is 0 Å². The first kappa shape index (κ1) is 13.7. The number of carbonyl (C=O) groups is 1. The molecule has 2 rings (SSSR count). The van der Waals surface area contributed by atoms with Crippen molar-refractivity contribution in [2.45, 2.75) is 38.3 Å². The highest BCUT2D eigenvalue weighted by Gasteiger charge is 2.35. The van der Waals surface area contributed by atoms with Crippen molar-refractivity contribution in [2.75, 3.05) is 19.8 Å². The summed E-state index contributed by atoms with van der Waals surface area (Å²) in [5, 5.41) is 0. The second-order valence-corrected chi connectivity index (χ2v) is 4.74. The van der Waals surface area contributed by atoms with E-state index in [0.29, 0.717) is 12.0 Å². The molecule has 1 saturated heterocycles. The van der Waals surface area contributed by atoms with Gasteiger partial charge < -0.3 is 15.4 Å². The van der Waals surface area contributed by atoms with Crippen LogP contribution in [0.1, 0.15) is 26.2 Å². The Morgan fingerprint density at radius 1 is 1.50 bits per heavy atom. The Hall–Kier alpha value is -0.320. The molecule has 2 N–H and O–H groups in total. The summed E-state index contributed by atoms with van der Waals surface area (Å²) in [4.78, 5) is 13.8. The van der Waals surface area contributed by atoms with Crippen LogP contribution < -0.4 is 5.73 Å². The minimum Gasteiger partial charge on any atom is -0.381 e. The van der Waals surface area contributed by atoms with Gasteiger partial charge in [-0.2, -0.15) is 0 Å². The molecule has 2 fully saturated rings. The van der Waals surface area contributed by atoms with Gasteiger partial charge in [-0.05, 0) is 26.2 Å². The smallest absolute Gasteiger partial charge is 0.239 e. The average molecular weight is 249 g/mol. The van der Waals surface area contributed by atoms with E-state index in [1.807, 2.05) is 4.90 Å². The lowest BCUT2D eigenvalue weighted by atomic mass is 10.1. The SMILES string of the molecule is CC(N)C(=O)N(CC1CCOC1)C1CC1.Cl. The third-order valence-corrected chi connectivity index (χ3v) is 3.14. The maximum Gasteiger partial charge on any atom is 0.239 e. The van der Waals surface area contributed by atoms with Gasteiger partial charge in [0.05, 0.1) is 12.6 Å². The molecule has 1 aliphatic carbocycles. The predicted octanol–water partition coefficient (Wildman–Crippen LogP) is 0.783. The van der Waals surface area contributed by atoms with Crippen LogP contribution in [0, 0.1) is 5.92 Å². The van der Waals surface area contributed by atoms with Gasteiger partial charge in [-0.3, -0.25) is 4.79 Å². The second kappa shape index (κ2) is 5.84. The minimum absolute atomic E-state index is 0. The summed E-state index contributed by atoms with van der Waals surface area (Å²) in [6, 6.07) is 0.0945. The Morgan fingerprint density at radius 3 is 2.62 bits per heavy atom. The number of carbonyl (C=O) groups excluding carboxylic acids is 1. The third kappa shape index (κ3) is 3.34. The normalized spacial score (nSPS) is 26.0. The van der Waals surface area contributed by atoms with Gasteiger partial charge in [0.2, 0.25) is 5.91 Å². The molecule has 4 nitrogen and oxygen atoms in total. The molecule has 2 atom stereocenters. The Balaban J connectivity index is 0.00000128. The van der Waals surface area contributed by atoms with Crippen molar-refractivity contribution in [1.82, 2.24) is 4.90 Å². The van der Waals surface area contributed by atoms with Crippen LogP contribution in [0.2, 0.25) is 0 Å². The van der Waals surface area contributed by atoms with Crippen LogP contribution in [0.5, 0.6) is 0 Å².